The van der Waals surface area contributed by atoms with E-state index in [1.807, 2.05) is 24.3 Å². The van der Waals surface area contributed by atoms with Crippen molar-refractivity contribution in [2.45, 2.75) is 32.6 Å². The minimum absolute atomic E-state index is 0.316. The Morgan fingerprint density at radius 2 is 2.00 bits per heavy atom. The molecule has 0 atom stereocenters. The van der Waals surface area contributed by atoms with E-state index in [0.717, 1.165) is 52.7 Å². The summed E-state index contributed by atoms with van der Waals surface area (Å²) in [5, 5.41) is 8.11. The molecule has 1 aromatic carbocycles. The molecule has 0 spiro atoms. The topological polar surface area (TPSA) is 94.0 Å². The fraction of sp³-hybridized carbons (Fsp3) is 0.227. The molecule has 0 fully saturated rings. The zero-order valence-corrected chi connectivity index (χ0v) is 17.9. The van der Waals surface area contributed by atoms with E-state index in [1.54, 1.807) is 13.0 Å². The molecule has 8 heteroatoms. The smallest absolute Gasteiger partial charge is 0.269 e. The van der Waals surface area contributed by atoms with Gasteiger partial charge in [0.25, 0.3) is 5.91 Å². The predicted molar refractivity (Wildman–Crippen MR) is 120 cm³/mol. The molecule has 1 aliphatic rings. The van der Waals surface area contributed by atoms with Gasteiger partial charge >= 0.3 is 0 Å². The van der Waals surface area contributed by atoms with Crippen molar-refractivity contribution in [3.63, 3.8) is 0 Å². The third-order valence-corrected chi connectivity index (χ3v) is 6.71. The number of fused-ring (bicyclic) bond motifs is 2. The van der Waals surface area contributed by atoms with Gasteiger partial charge in [-0.2, -0.15) is 0 Å². The van der Waals surface area contributed by atoms with Crippen LogP contribution in [0.4, 0.5) is 11.5 Å². The van der Waals surface area contributed by atoms with Gasteiger partial charge in [0.1, 0.15) is 15.5 Å². The molecule has 0 saturated heterocycles. The Morgan fingerprint density at radius 1 is 1.23 bits per heavy atom. The first-order valence-corrected chi connectivity index (χ1v) is 10.9. The van der Waals surface area contributed by atoms with E-state index in [4.69, 9.17) is 26.8 Å². The molecule has 0 saturated carbocycles. The Bertz CT molecular complexity index is 1280. The van der Waals surface area contributed by atoms with Crippen molar-refractivity contribution in [3.05, 3.63) is 57.2 Å². The number of pyridine rings is 1. The van der Waals surface area contributed by atoms with E-state index in [1.165, 1.54) is 16.9 Å². The Morgan fingerprint density at radius 3 is 2.73 bits per heavy atom. The molecule has 4 aromatic rings. The summed E-state index contributed by atoms with van der Waals surface area (Å²) in [6.45, 7) is 1.77. The standard InChI is InChI=1S/C22H19ClN4O2S/c1-11-10-16(27-29-11)26-21(28)20-19(24)18-17(12-6-8-13(23)9-7-12)14-4-2-3-5-15(14)25-22(18)30-20/h6-10H,2-5,24H2,1H3,(H,26,27,28). The maximum absolute atomic E-state index is 12.9. The minimum Gasteiger partial charge on any atom is -0.397 e. The molecule has 0 bridgehead atoms. The van der Waals surface area contributed by atoms with E-state index < -0.39 is 0 Å². The van der Waals surface area contributed by atoms with Crippen molar-refractivity contribution >= 4 is 50.6 Å². The number of amides is 1. The van der Waals surface area contributed by atoms with Crippen molar-refractivity contribution in [3.8, 4) is 11.1 Å². The van der Waals surface area contributed by atoms with Crippen LogP contribution in [0.15, 0.2) is 34.9 Å². The molecule has 6 nitrogen and oxygen atoms in total. The fourth-order valence-corrected chi connectivity index (χ4v) is 5.15. The number of thiophene rings is 1. The van der Waals surface area contributed by atoms with Crippen molar-refractivity contribution in [1.82, 2.24) is 10.1 Å². The highest BCUT2D eigenvalue weighted by molar-refractivity contribution is 7.21. The lowest BCUT2D eigenvalue weighted by Gasteiger charge is -2.20. The van der Waals surface area contributed by atoms with Crippen molar-refractivity contribution in [2.75, 3.05) is 11.1 Å². The van der Waals surface area contributed by atoms with Crippen LogP contribution < -0.4 is 11.1 Å². The molecule has 0 aliphatic heterocycles. The number of hydrogen-bond acceptors (Lipinski definition) is 6. The second-order valence-corrected chi connectivity index (χ2v) is 8.86. The third kappa shape index (κ3) is 3.24. The van der Waals surface area contributed by atoms with E-state index in [-0.39, 0.29) is 5.91 Å². The zero-order valence-electron chi connectivity index (χ0n) is 16.3. The van der Waals surface area contributed by atoms with Gasteiger partial charge in [-0.25, -0.2) is 4.98 Å². The van der Waals surface area contributed by atoms with Crippen LogP contribution in [-0.4, -0.2) is 16.0 Å². The number of anilines is 2. The summed E-state index contributed by atoms with van der Waals surface area (Å²) in [7, 11) is 0. The number of nitrogens with two attached hydrogens (primary N) is 1. The van der Waals surface area contributed by atoms with Crippen LogP contribution in [0, 0.1) is 6.92 Å². The highest BCUT2D eigenvalue weighted by Crippen LogP contribution is 2.44. The molecule has 3 aromatic heterocycles. The Balaban J connectivity index is 1.69. The SMILES string of the molecule is Cc1cc(NC(=O)c2sc3nc4c(c(-c5ccc(Cl)cc5)c3c2N)CCCC4)no1. The number of aryl methyl sites for hydroxylation is 2. The van der Waals surface area contributed by atoms with Crippen molar-refractivity contribution in [2.24, 2.45) is 0 Å². The first-order valence-electron chi connectivity index (χ1n) is 9.75. The highest BCUT2D eigenvalue weighted by Gasteiger charge is 2.26. The van der Waals surface area contributed by atoms with Gasteiger partial charge in [-0.3, -0.25) is 4.79 Å². The summed E-state index contributed by atoms with van der Waals surface area (Å²) >= 11 is 7.43. The second kappa shape index (κ2) is 7.41. The summed E-state index contributed by atoms with van der Waals surface area (Å²) in [5.74, 6) is 0.664. The van der Waals surface area contributed by atoms with Crippen LogP contribution in [0.5, 0.6) is 0 Å². The molecule has 30 heavy (non-hydrogen) atoms. The summed E-state index contributed by atoms with van der Waals surface area (Å²) in [6, 6.07) is 9.42. The fourth-order valence-electron chi connectivity index (χ4n) is 4.01. The predicted octanol–water partition coefficient (Wildman–Crippen LogP) is 5.63. The van der Waals surface area contributed by atoms with Gasteiger partial charge < -0.3 is 15.6 Å². The zero-order chi connectivity index (χ0) is 20.8. The van der Waals surface area contributed by atoms with E-state index in [0.29, 0.717) is 27.2 Å². The van der Waals surface area contributed by atoms with E-state index in [9.17, 15) is 4.79 Å². The Labute approximate surface area is 182 Å². The van der Waals surface area contributed by atoms with Gasteiger partial charge in [-0.1, -0.05) is 28.9 Å². The summed E-state index contributed by atoms with van der Waals surface area (Å²) in [4.78, 5) is 19.0. The molecular weight excluding hydrogens is 420 g/mol. The average Bonchev–Trinajstić information content (AvgIpc) is 3.30. The number of rotatable bonds is 3. The third-order valence-electron chi connectivity index (χ3n) is 5.36. The first kappa shape index (κ1) is 19.1. The number of benzene rings is 1. The van der Waals surface area contributed by atoms with Gasteiger partial charge in [-0.15, -0.1) is 11.3 Å². The normalized spacial score (nSPS) is 13.4. The largest absolute Gasteiger partial charge is 0.397 e. The molecule has 1 amide bonds. The minimum atomic E-state index is -0.316. The molecule has 3 N–H and O–H groups in total. The van der Waals surface area contributed by atoms with Crippen LogP contribution in [0.1, 0.15) is 39.5 Å². The second-order valence-electron chi connectivity index (χ2n) is 7.43. The van der Waals surface area contributed by atoms with Gasteiger partial charge in [-0.05, 0) is 61.4 Å². The number of aromatic nitrogens is 2. The Hall–Kier alpha value is -2.90. The van der Waals surface area contributed by atoms with Crippen molar-refractivity contribution in [1.29, 1.82) is 0 Å². The van der Waals surface area contributed by atoms with Crippen molar-refractivity contribution < 1.29 is 9.32 Å². The Kier molecular flexibility index (Phi) is 4.72. The van der Waals surface area contributed by atoms with E-state index in [2.05, 4.69) is 10.5 Å². The van der Waals surface area contributed by atoms with Gasteiger partial charge in [0.2, 0.25) is 0 Å². The molecule has 3 heterocycles. The quantitative estimate of drug-likeness (QED) is 0.432. The summed E-state index contributed by atoms with van der Waals surface area (Å²) in [6.07, 6.45) is 4.11. The number of nitrogen functional groups attached to an aromatic ring is 1. The molecule has 152 valence electrons. The average molecular weight is 439 g/mol. The van der Waals surface area contributed by atoms with Crippen LogP contribution in [-0.2, 0) is 12.8 Å². The lowest BCUT2D eigenvalue weighted by molar-refractivity contribution is 0.103. The molecule has 1 aliphatic carbocycles. The number of carbonyl (C=O) groups is 1. The molecular formula is C22H19ClN4O2S. The van der Waals surface area contributed by atoms with Crippen LogP contribution in [0.2, 0.25) is 5.02 Å². The van der Waals surface area contributed by atoms with Crippen LogP contribution in [0.25, 0.3) is 21.3 Å². The lowest BCUT2D eigenvalue weighted by atomic mass is 9.87. The van der Waals surface area contributed by atoms with Gasteiger partial charge in [0.05, 0.1) is 5.69 Å². The molecule has 0 radical (unpaired) electrons. The number of halogens is 1. The summed E-state index contributed by atoms with van der Waals surface area (Å²) in [5.41, 5.74) is 11.4. The highest BCUT2D eigenvalue weighted by atomic mass is 35.5. The van der Waals surface area contributed by atoms with Gasteiger partial charge in [0, 0.05) is 22.2 Å². The monoisotopic (exact) mass is 438 g/mol. The molecule has 5 rings (SSSR count). The number of carbonyl (C=O) groups excluding carboxylic acids is 1. The maximum Gasteiger partial charge on any atom is 0.269 e. The van der Waals surface area contributed by atoms with Crippen LogP contribution >= 0.6 is 22.9 Å². The van der Waals surface area contributed by atoms with Crippen LogP contribution in [0.3, 0.4) is 0 Å². The summed E-state index contributed by atoms with van der Waals surface area (Å²) < 4.78 is 5.03. The lowest BCUT2D eigenvalue weighted by Crippen LogP contribution is -2.12. The van der Waals surface area contributed by atoms with Gasteiger partial charge in [0.15, 0.2) is 5.82 Å². The van der Waals surface area contributed by atoms with E-state index >= 15 is 0 Å². The molecule has 0 unspecified atom stereocenters. The first-order chi connectivity index (χ1) is 14.5. The maximum atomic E-state index is 12.9. The number of nitrogens with zero attached hydrogens (tertiary/aromatic N) is 2. The number of hydrogen-bond donors (Lipinski definition) is 2. The number of nitrogens with one attached hydrogen (secondary N) is 1.